The Morgan fingerprint density at radius 3 is 2.35 bits per heavy atom. The number of hydrogen-bond donors (Lipinski definition) is 1. The average molecular weight is 395 g/mol. The quantitative estimate of drug-likeness (QED) is 0.479. The van der Waals surface area contributed by atoms with Crippen molar-refractivity contribution in [1.29, 1.82) is 0 Å². The summed E-state index contributed by atoms with van der Waals surface area (Å²) < 4.78 is 0. The molecule has 1 fully saturated rings. The Kier molecular flexibility index (Phi) is 5.55. The van der Waals surface area contributed by atoms with E-state index in [9.17, 15) is 10.1 Å². The Morgan fingerprint density at radius 1 is 1.15 bits per heavy atom. The minimum Gasteiger partial charge on any atom is -0.398 e. The molecule has 1 saturated heterocycles. The molecule has 6 nitrogen and oxygen atoms in total. The molecule has 0 unspecified atom stereocenters. The van der Waals surface area contributed by atoms with E-state index in [1.807, 2.05) is 23.1 Å². The van der Waals surface area contributed by atoms with Crippen molar-refractivity contribution >= 4 is 40.3 Å². The van der Waals surface area contributed by atoms with Crippen LogP contribution in [-0.4, -0.2) is 36.0 Å². The third-order valence-corrected chi connectivity index (χ3v) is 5.42. The molecule has 0 radical (unpaired) electrons. The first kappa shape index (κ1) is 18.8. The highest BCUT2D eigenvalue weighted by atomic mass is 35.5. The maximum Gasteiger partial charge on any atom is 0.292 e. The first-order chi connectivity index (χ1) is 12.4. The number of nitrogens with two attached hydrogens (primary N) is 1. The number of rotatable bonds is 4. The first-order valence-corrected chi connectivity index (χ1v) is 9.07. The third-order valence-electron chi connectivity index (χ3n) is 4.72. The highest BCUT2D eigenvalue weighted by Gasteiger charge is 2.25. The van der Waals surface area contributed by atoms with Gasteiger partial charge in [0, 0.05) is 60.1 Å². The summed E-state index contributed by atoms with van der Waals surface area (Å²) in [6.07, 6.45) is 0. The molecule has 8 heteroatoms. The van der Waals surface area contributed by atoms with E-state index >= 15 is 0 Å². The van der Waals surface area contributed by atoms with E-state index in [2.05, 4.69) is 4.90 Å². The van der Waals surface area contributed by atoms with Crippen LogP contribution in [-0.2, 0) is 6.54 Å². The molecular weight excluding hydrogens is 375 g/mol. The van der Waals surface area contributed by atoms with Gasteiger partial charge in [-0.3, -0.25) is 15.0 Å². The second-order valence-corrected chi connectivity index (χ2v) is 7.23. The molecule has 26 heavy (non-hydrogen) atoms. The summed E-state index contributed by atoms with van der Waals surface area (Å²) in [4.78, 5) is 15.3. The van der Waals surface area contributed by atoms with Crippen LogP contribution < -0.4 is 10.6 Å². The molecule has 0 spiro atoms. The number of halogens is 2. The van der Waals surface area contributed by atoms with Crippen molar-refractivity contribution in [3.63, 3.8) is 0 Å². The molecular formula is C18H20Cl2N4O2. The van der Waals surface area contributed by atoms with Crippen LogP contribution in [0.1, 0.15) is 11.1 Å². The minimum absolute atomic E-state index is 0.0966. The van der Waals surface area contributed by atoms with Crippen molar-refractivity contribution in [2.45, 2.75) is 13.5 Å². The van der Waals surface area contributed by atoms with Gasteiger partial charge in [0.05, 0.1) is 4.92 Å². The molecule has 0 saturated carbocycles. The molecule has 0 atom stereocenters. The van der Waals surface area contributed by atoms with Crippen molar-refractivity contribution in [3.05, 3.63) is 61.6 Å². The Hall–Kier alpha value is -2.02. The van der Waals surface area contributed by atoms with Crippen molar-refractivity contribution in [1.82, 2.24) is 4.90 Å². The second-order valence-electron chi connectivity index (χ2n) is 6.42. The van der Waals surface area contributed by atoms with Crippen LogP contribution >= 0.6 is 23.2 Å². The number of nitro groups is 1. The Bertz CT molecular complexity index is 816. The van der Waals surface area contributed by atoms with Gasteiger partial charge in [0.25, 0.3) is 5.69 Å². The molecule has 0 aromatic heterocycles. The molecule has 138 valence electrons. The second kappa shape index (κ2) is 7.70. The summed E-state index contributed by atoms with van der Waals surface area (Å²) in [5.74, 6) is 0. The first-order valence-electron chi connectivity index (χ1n) is 8.31. The van der Waals surface area contributed by atoms with E-state index in [0.29, 0.717) is 46.6 Å². The molecule has 2 N–H and O–H groups in total. The number of hydrogen-bond acceptors (Lipinski definition) is 5. The Morgan fingerprint density at radius 2 is 1.77 bits per heavy atom. The van der Waals surface area contributed by atoms with Crippen LogP contribution in [0.25, 0.3) is 0 Å². The van der Waals surface area contributed by atoms with Gasteiger partial charge in [0.1, 0.15) is 5.69 Å². The van der Waals surface area contributed by atoms with Crippen LogP contribution in [0, 0.1) is 17.0 Å². The molecule has 2 aromatic rings. The number of aryl methyl sites for hydroxylation is 1. The van der Waals surface area contributed by atoms with Crippen molar-refractivity contribution in [2.75, 3.05) is 36.8 Å². The van der Waals surface area contributed by atoms with E-state index in [1.54, 1.807) is 19.1 Å². The predicted octanol–water partition coefficient (Wildman–Crippen LogP) is 4.11. The molecule has 1 heterocycles. The molecule has 0 aliphatic carbocycles. The number of anilines is 2. The number of nitrogens with zero attached hydrogens (tertiary/aromatic N) is 3. The van der Waals surface area contributed by atoms with E-state index in [4.69, 9.17) is 28.9 Å². The number of benzene rings is 2. The molecule has 2 aromatic carbocycles. The lowest BCUT2D eigenvalue weighted by Gasteiger charge is -2.36. The van der Waals surface area contributed by atoms with Gasteiger partial charge in [-0.2, -0.15) is 0 Å². The van der Waals surface area contributed by atoms with Gasteiger partial charge in [-0.25, -0.2) is 0 Å². The van der Waals surface area contributed by atoms with Gasteiger partial charge in [-0.15, -0.1) is 0 Å². The lowest BCUT2D eigenvalue weighted by molar-refractivity contribution is -0.384. The zero-order valence-corrected chi connectivity index (χ0v) is 15.9. The maximum atomic E-state index is 11.4. The van der Waals surface area contributed by atoms with Crippen LogP contribution in [0.3, 0.4) is 0 Å². The van der Waals surface area contributed by atoms with Gasteiger partial charge >= 0.3 is 0 Å². The zero-order chi connectivity index (χ0) is 18.8. The number of nitrogen functional groups attached to an aromatic ring is 1. The fourth-order valence-electron chi connectivity index (χ4n) is 3.15. The van der Waals surface area contributed by atoms with E-state index < -0.39 is 0 Å². The average Bonchev–Trinajstić information content (AvgIpc) is 2.61. The van der Waals surface area contributed by atoms with Crippen molar-refractivity contribution in [3.8, 4) is 0 Å². The van der Waals surface area contributed by atoms with E-state index in [1.165, 1.54) is 0 Å². The molecule has 0 amide bonds. The van der Waals surface area contributed by atoms with Crippen LogP contribution in [0.15, 0.2) is 30.3 Å². The van der Waals surface area contributed by atoms with Crippen LogP contribution in [0.2, 0.25) is 10.0 Å². The topological polar surface area (TPSA) is 75.6 Å². The fourth-order valence-corrected chi connectivity index (χ4v) is 3.67. The summed E-state index contributed by atoms with van der Waals surface area (Å²) in [5, 5.41) is 12.7. The zero-order valence-electron chi connectivity index (χ0n) is 14.4. The lowest BCUT2D eigenvalue weighted by Crippen LogP contribution is -2.46. The van der Waals surface area contributed by atoms with E-state index in [-0.39, 0.29) is 10.6 Å². The smallest absolute Gasteiger partial charge is 0.292 e. The Labute approximate surface area is 162 Å². The summed E-state index contributed by atoms with van der Waals surface area (Å²) >= 11 is 12.5. The number of nitro benzene ring substituents is 1. The minimum atomic E-state index is -0.350. The largest absolute Gasteiger partial charge is 0.398 e. The van der Waals surface area contributed by atoms with Gasteiger partial charge in [-0.05, 0) is 30.7 Å². The molecule has 1 aliphatic rings. The lowest BCUT2D eigenvalue weighted by atomic mass is 10.1. The summed E-state index contributed by atoms with van der Waals surface area (Å²) in [5.41, 5.74) is 8.84. The molecule has 3 rings (SSSR count). The third kappa shape index (κ3) is 3.87. The van der Waals surface area contributed by atoms with Gasteiger partial charge < -0.3 is 10.6 Å². The van der Waals surface area contributed by atoms with Gasteiger partial charge in [-0.1, -0.05) is 29.3 Å². The van der Waals surface area contributed by atoms with Crippen LogP contribution in [0.5, 0.6) is 0 Å². The standard InChI is InChI=1S/C18H20Cl2N4O2/c1-12-9-18(24(25)26)17(10-16(12)21)23-7-5-22(6-8-23)11-13-14(19)3-2-4-15(13)20/h2-4,9-10H,5-8,11,21H2,1H3. The summed E-state index contributed by atoms with van der Waals surface area (Å²) in [6, 6.07) is 8.73. The summed E-state index contributed by atoms with van der Waals surface area (Å²) in [7, 11) is 0. The van der Waals surface area contributed by atoms with E-state index in [0.717, 1.165) is 18.7 Å². The highest BCUT2D eigenvalue weighted by Crippen LogP contribution is 2.33. The van der Waals surface area contributed by atoms with Gasteiger partial charge in [0.15, 0.2) is 0 Å². The summed E-state index contributed by atoms with van der Waals surface area (Å²) in [6.45, 7) is 5.29. The maximum absolute atomic E-state index is 11.4. The fraction of sp³-hybridized carbons (Fsp3) is 0.333. The monoisotopic (exact) mass is 394 g/mol. The molecule has 1 aliphatic heterocycles. The SMILES string of the molecule is Cc1cc([N+](=O)[O-])c(N2CCN(Cc3c(Cl)cccc3Cl)CC2)cc1N. The highest BCUT2D eigenvalue weighted by molar-refractivity contribution is 6.35. The van der Waals surface area contributed by atoms with Crippen molar-refractivity contribution < 1.29 is 4.92 Å². The van der Waals surface area contributed by atoms with Crippen molar-refractivity contribution in [2.24, 2.45) is 0 Å². The normalized spacial score (nSPS) is 15.3. The Balaban J connectivity index is 1.73. The molecule has 0 bridgehead atoms. The number of piperazine rings is 1. The van der Waals surface area contributed by atoms with Gasteiger partial charge in [0.2, 0.25) is 0 Å². The predicted molar refractivity (Wildman–Crippen MR) is 106 cm³/mol. The van der Waals surface area contributed by atoms with Crippen LogP contribution in [0.4, 0.5) is 17.1 Å².